The summed E-state index contributed by atoms with van der Waals surface area (Å²) in [6, 6.07) is 14.8. The maximum absolute atomic E-state index is 13.9. The quantitative estimate of drug-likeness (QED) is 0.598. The van der Waals surface area contributed by atoms with Crippen molar-refractivity contribution in [2.75, 3.05) is 5.32 Å². The first-order valence-corrected chi connectivity index (χ1v) is 8.13. The molecule has 8 heteroatoms. The smallest absolute Gasteiger partial charge is 0.276 e. The van der Waals surface area contributed by atoms with E-state index >= 15 is 0 Å². The van der Waals surface area contributed by atoms with E-state index in [0.29, 0.717) is 23.0 Å². The van der Waals surface area contributed by atoms with Gasteiger partial charge in [0.25, 0.3) is 5.91 Å². The van der Waals surface area contributed by atoms with Crippen LogP contribution in [0.2, 0.25) is 0 Å². The predicted molar refractivity (Wildman–Crippen MR) is 95.9 cm³/mol. The minimum absolute atomic E-state index is 0.166. The number of carbonyl (C=O) groups excluding carboxylic acids is 1. The van der Waals surface area contributed by atoms with Gasteiger partial charge in [0.05, 0.1) is 0 Å². The zero-order valence-corrected chi connectivity index (χ0v) is 14.3. The number of halogens is 1. The molecule has 0 aliphatic rings. The van der Waals surface area contributed by atoms with Crippen LogP contribution in [0.5, 0.6) is 0 Å². The highest BCUT2D eigenvalue weighted by Gasteiger charge is 2.13. The standard InChI is InChI=1S/C19H14FN5O2/c1-12-21-18(24-27-12)13-5-4-6-14(11-13)22-19(26)16-9-10-25(23-16)17-8-3-2-7-15(17)20/h2-11H,1H3,(H,22,26). The number of amides is 1. The van der Waals surface area contributed by atoms with Gasteiger partial charge in [-0.05, 0) is 30.3 Å². The first-order chi connectivity index (χ1) is 13.1. The summed E-state index contributed by atoms with van der Waals surface area (Å²) in [5.41, 5.74) is 1.70. The average molecular weight is 363 g/mol. The van der Waals surface area contributed by atoms with Crippen LogP contribution in [0.15, 0.2) is 65.3 Å². The minimum atomic E-state index is -0.421. The number of benzene rings is 2. The Labute approximate surface area is 153 Å². The molecule has 0 aliphatic heterocycles. The van der Waals surface area contributed by atoms with Crippen molar-refractivity contribution in [3.05, 3.63) is 78.2 Å². The third kappa shape index (κ3) is 3.45. The van der Waals surface area contributed by atoms with E-state index in [1.54, 1.807) is 43.3 Å². The van der Waals surface area contributed by atoms with Crippen molar-refractivity contribution in [1.82, 2.24) is 19.9 Å². The summed E-state index contributed by atoms with van der Waals surface area (Å²) in [7, 11) is 0. The molecule has 0 saturated carbocycles. The van der Waals surface area contributed by atoms with Gasteiger partial charge in [-0.15, -0.1) is 0 Å². The van der Waals surface area contributed by atoms with Crippen molar-refractivity contribution in [3.8, 4) is 17.1 Å². The summed E-state index contributed by atoms with van der Waals surface area (Å²) in [5, 5.41) is 10.8. The molecule has 0 bridgehead atoms. The molecule has 7 nitrogen and oxygen atoms in total. The van der Waals surface area contributed by atoms with Crippen LogP contribution in [0.4, 0.5) is 10.1 Å². The number of nitrogens with one attached hydrogen (secondary N) is 1. The summed E-state index contributed by atoms with van der Waals surface area (Å²) in [4.78, 5) is 16.6. The highest BCUT2D eigenvalue weighted by Crippen LogP contribution is 2.20. The van der Waals surface area contributed by atoms with Gasteiger partial charge in [-0.1, -0.05) is 29.4 Å². The number of aromatic nitrogens is 4. The third-order valence-corrected chi connectivity index (χ3v) is 3.83. The zero-order chi connectivity index (χ0) is 18.8. The Balaban J connectivity index is 1.54. The van der Waals surface area contributed by atoms with Crippen molar-refractivity contribution in [3.63, 3.8) is 0 Å². The molecule has 2 aromatic carbocycles. The molecule has 0 fully saturated rings. The Morgan fingerprint density at radius 2 is 2.00 bits per heavy atom. The molecule has 27 heavy (non-hydrogen) atoms. The van der Waals surface area contributed by atoms with Crippen LogP contribution in [-0.2, 0) is 0 Å². The Morgan fingerprint density at radius 3 is 2.78 bits per heavy atom. The second kappa shape index (κ2) is 6.83. The molecular weight excluding hydrogens is 349 g/mol. The minimum Gasteiger partial charge on any atom is -0.339 e. The molecule has 0 atom stereocenters. The van der Waals surface area contributed by atoms with Gasteiger partial charge in [0.15, 0.2) is 5.69 Å². The lowest BCUT2D eigenvalue weighted by molar-refractivity contribution is 0.102. The van der Waals surface area contributed by atoms with Gasteiger partial charge < -0.3 is 9.84 Å². The average Bonchev–Trinajstić information content (AvgIpc) is 3.32. The lowest BCUT2D eigenvalue weighted by Crippen LogP contribution is -2.13. The fraction of sp³-hybridized carbons (Fsp3) is 0.0526. The van der Waals surface area contributed by atoms with Gasteiger partial charge in [-0.25, -0.2) is 9.07 Å². The number of hydrogen-bond acceptors (Lipinski definition) is 5. The van der Waals surface area contributed by atoms with Crippen molar-refractivity contribution in [1.29, 1.82) is 0 Å². The van der Waals surface area contributed by atoms with E-state index in [1.807, 2.05) is 6.07 Å². The van der Waals surface area contributed by atoms with Crippen LogP contribution in [-0.4, -0.2) is 25.8 Å². The molecular formula is C19H14FN5O2. The van der Waals surface area contributed by atoms with Gasteiger partial charge in [-0.2, -0.15) is 10.1 Å². The Kier molecular flexibility index (Phi) is 4.21. The summed E-state index contributed by atoms with van der Waals surface area (Å²) >= 11 is 0. The summed E-state index contributed by atoms with van der Waals surface area (Å²) in [6.07, 6.45) is 1.53. The molecule has 0 unspecified atom stereocenters. The SMILES string of the molecule is Cc1nc(-c2cccc(NC(=O)c3ccn(-c4ccccc4F)n3)c2)no1. The zero-order valence-electron chi connectivity index (χ0n) is 14.3. The van der Waals surface area contributed by atoms with E-state index in [2.05, 4.69) is 20.6 Å². The van der Waals surface area contributed by atoms with Crippen molar-refractivity contribution in [2.24, 2.45) is 0 Å². The number of para-hydroxylation sites is 1. The van der Waals surface area contributed by atoms with E-state index in [4.69, 9.17) is 4.52 Å². The lowest BCUT2D eigenvalue weighted by atomic mass is 10.2. The normalized spacial score (nSPS) is 10.7. The van der Waals surface area contributed by atoms with Crippen molar-refractivity contribution >= 4 is 11.6 Å². The highest BCUT2D eigenvalue weighted by atomic mass is 19.1. The van der Waals surface area contributed by atoms with E-state index in [0.717, 1.165) is 0 Å². The number of carbonyl (C=O) groups is 1. The van der Waals surface area contributed by atoms with Crippen LogP contribution >= 0.6 is 0 Å². The first-order valence-electron chi connectivity index (χ1n) is 8.13. The molecule has 2 aromatic heterocycles. The van der Waals surface area contributed by atoms with Crippen LogP contribution in [0.1, 0.15) is 16.4 Å². The third-order valence-electron chi connectivity index (χ3n) is 3.83. The molecule has 4 aromatic rings. The molecule has 134 valence electrons. The lowest BCUT2D eigenvalue weighted by Gasteiger charge is -2.05. The molecule has 0 saturated heterocycles. The van der Waals surface area contributed by atoms with Gasteiger partial charge in [0.2, 0.25) is 11.7 Å². The van der Waals surface area contributed by atoms with Gasteiger partial charge in [-0.3, -0.25) is 4.79 Å². The number of nitrogens with zero attached hydrogens (tertiary/aromatic N) is 4. The fourth-order valence-corrected chi connectivity index (χ4v) is 2.56. The molecule has 4 rings (SSSR count). The van der Waals surface area contributed by atoms with Crippen molar-refractivity contribution < 1.29 is 13.7 Å². The Bertz CT molecular complexity index is 1120. The molecule has 1 amide bonds. The number of hydrogen-bond donors (Lipinski definition) is 1. The summed E-state index contributed by atoms with van der Waals surface area (Å²) in [5.74, 6) is 0.0627. The van der Waals surface area contributed by atoms with E-state index in [1.165, 1.54) is 23.0 Å². The van der Waals surface area contributed by atoms with E-state index in [-0.39, 0.29) is 11.4 Å². The van der Waals surface area contributed by atoms with Gasteiger partial charge in [0.1, 0.15) is 11.5 Å². The van der Waals surface area contributed by atoms with Crippen LogP contribution in [0.25, 0.3) is 17.1 Å². The molecule has 0 aliphatic carbocycles. The molecule has 0 radical (unpaired) electrons. The summed E-state index contributed by atoms with van der Waals surface area (Å²) < 4.78 is 20.2. The topological polar surface area (TPSA) is 85.8 Å². The highest BCUT2D eigenvalue weighted by molar-refractivity contribution is 6.03. The number of aryl methyl sites for hydroxylation is 1. The monoisotopic (exact) mass is 363 g/mol. The number of anilines is 1. The fourth-order valence-electron chi connectivity index (χ4n) is 2.56. The molecule has 0 spiro atoms. The Hall–Kier alpha value is -3.81. The van der Waals surface area contributed by atoms with Crippen LogP contribution in [0, 0.1) is 12.7 Å². The maximum atomic E-state index is 13.9. The largest absolute Gasteiger partial charge is 0.339 e. The van der Waals surface area contributed by atoms with Crippen LogP contribution in [0.3, 0.4) is 0 Å². The van der Waals surface area contributed by atoms with E-state index in [9.17, 15) is 9.18 Å². The second-order valence-electron chi connectivity index (χ2n) is 5.77. The molecule has 1 N–H and O–H groups in total. The Morgan fingerprint density at radius 1 is 1.15 bits per heavy atom. The maximum Gasteiger partial charge on any atom is 0.276 e. The van der Waals surface area contributed by atoms with Crippen molar-refractivity contribution in [2.45, 2.75) is 6.92 Å². The van der Waals surface area contributed by atoms with Gasteiger partial charge >= 0.3 is 0 Å². The van der Waals surface area contributed by atoms with Crippen LogP contribution < -0.4 is 5.32 Å². The second-order valence-corrected chi connectivity index (χ2v) is 5.77. The summed E-state index contributed by atoms with van der Waals surface area (Å²) in [6.45, 7) is 1.70. The van der Waals surface area contributed by atoms with E-state index < -0.39 is 11.7 Å². The molecule has 2 heterocycles. The number of rotatable bonds is 4. The predicted octanol–water partition coefficient (Wildman–Crippen LogP) is 3.62. The van der Waals surface area contributed by atoms with Gasteiger partial charge in [0, 0.05) is 24.4 Å². The first kappa shape index (κ1) is 16.6.